The number of carbonyl (C=O) groups is 1. The summed E-state index contributed by atoms with van der Waals surface area (Å²) in [5, 5.41) is 0. The second kappa shape index (κ2) is 8.37. The van der Waals surface area contributed by atoms with Crippen molar-refractivity contribution in [3.05, 3.63) is 77.6 Å². The summed E-state index contributed by atoms with van der Waals surface area (Å²) >= 11 is 0. The molecule has 0 radical (unpaired) electrons. The Labute approximate surface area is 178 Å². The van der Waals surface area contributed by atoms with Crippen LogP contribution in [-0.4, -0.2) is 47.0 Å². The van der Waals surface area contributed by atoms with Crippen LogP contribution < -0.4 is 4.90 Å². The van der Waals surface area contributed by atoms with Crippen molar-refractivity contribution in [2.24, 2.45) is 0 Å². The van der Waals surface area contributed by atoms with Crippen LogP contribution in [-0.2, 0) is 6.18 Å². The number of rotatable bonds is 3. The number of benzene rings is 2. The molecule has 1 amide bonds. The van der Waals surface area contributed by atoms with Gasteiger partial charge in [0, 0.05) is 37.8 Å². The lowest BCUT2D eigenvalue weighted by Crippen LogP contribution is -2.49. The summed E-state index contributed by atoms with van der Waals surface area (Å²) in [4.78, 5) is 25.3. The fraction of sp³-hybridized carbons (Fsp3) is 0.261. The quantitative estimate of drug-likeness (QED) is 0.622. The standard InChI is InChI=1S/C23H21F3N4O/c1-16-27-20(17-7-3-2-4-8-17)15-21(28-16)29-11-13-30(14-12-29)22(31)18-9-5-6-10-19(18)23(24,25)26/h2-10,15H,11-14H2,1H3. The number of hydrogen-bond acceptors (Lipinski definition) is 4. The zero-order chi connectivity index (χ0) is 22.0. The maximum absolute atomic E-state index is 13.3. The predicted octanol–water partition coefficient (Wildman–Crippen LogP) is 4.43. The van der Waals surface area contributed by atoms with E-state index >= 15 is 0 Å². The van der Waals surface area contributed by atoms with Gasteiger partial charge in [-0.3, -0.25) is 4.79 Å². The van der Waals surface area contributed by atoms with Crippen LogP contribution in [0.15, 0.2) is 60.7 Å². The van der Waals surface area contributed by atoms with Gasteiger partial charge in [-0.15, -0.1) is 0 Å². The molecule has 2 heterocycles. The van der Waals surface area contributed by atoms with Crippen molar-refractivity contribution < 1.29 is 18.0 Å². The molecule has 1 aliphatic heterocycles. The van der Waals surface area contributed by atoms with Crippen molar-refractivity contribution in [3.8, 4) is 11.3 Å². The van der Waals surface area contributed by atoms with Gasteiger partial charge in [0.15, 0.2) is 0 Å². The second-order valence-electron chi connectivity index (χ2n) is 7.35. The number of halogens is 3. The molecule has 0 N–H and O–H groups in total. The van der Waals surface area contributed by atoms with Crippen molar-refractivity contribution in [3.63, 3.8) is 0 Å². The molecule has 0 spiro atoms. The number of piperazine rings is 1. The molecule has 0 saturated carbocycles. The van der Waals surface area contributed by atoms with E-state index in [1.54, 1.807) is 0 Å². The van der Waals surface area contributed by atoms with E-state index in [2.05, 4.69) is 9.97 Å². The molecule has 1 fully saturated rings. The molecule has 0 aliphatic carbocycles. The number of aryl methyl sites for hydroxylation is 1. The molecule has 0 bridgehead atoms. The molecule has 0 unspecified atom stereocenters. The van der Waals surface area contributed by atoms with Gasteiger partial charge in [0.05, 0.1) is 16.8 Å². The number of nitrogens with zero attached hydrogens (tertiary/aromatic N) is 4. The first kappa shape index (κ1) is 20.8. The van der Waals surface area contributed by atoms with Crippen LogP contribution >= 0.6 is 0 Å². The van der Waals surface area contributed by atoms with E-state index in [4.69, 9.17) is 0 Å². The van der Waals surface area contributed by atoms with Crippen LogP contribution in [0.1, 0.15) is 21.7 Å². The molecule has 3 aromatic rings. The molecule has 1 aliphatic rings. The van der Waals surface area contributed by atoms with Gasteiger partial charge < -0.3 is 9.80 Å². The zero-order valence-corrected chi connectivity index (χ0v) is 16.9. The van der Waals surface area contributed by atoms with Gasteiger partial charge >= 0.3 is 6.18 Å². The summed E-state index contributed by atoms with van der Waals surface area (Å²) < 4.78 is 39.8. The highest BCUT2D eigenvalue weighted by Gasteiger charge is 2.36. The van der Waals surface area contributed by atoms with Gasteiger partial charge in [-0.05, 0) is 19.1 Å². The Balaban J connectivity index is 1.50. The highest BCUT2D eigenvalue weighted by Crippen LogP contribution is 2.32. The van der Waals surface area contributed by atoms with E-state index in [0.29, 0.717) is 32.0 Å². The Morgan fingerprint density at radius 2 is 1.55 bits per heavy atom. The highest BCUT2D eigenvalue weighted by atomic mass is 19.4. The smallest absolute Gasteiger partial charge is 0.353 e. The van der Waals surface area contributed by atoms with Gasteiger partial charge in [0.25, 0.3) is 5.91 Å². The second-order valence-corrected chi connectivity index (χ2v) is 7.35. The molecule has 4 rings (SSSR count). The number of alkyl halides is 3. The summed E-state index contributed by atoms with van der Waals surface area (Å²) in [6.45, 7) is 3.41. The van der Waals surface area contributed by atoms with Gasteiger partial charge in [0.1, 0.15) is 11.6 Å². The fourth-order valence-corrected chi connectivity index (χ4v) is 3.70. The Morgan fingerprint density at radius 3 is 2.23 bits per heavy atom. The third kappa shape index (κ3) is 4.52. The molecule has 8 heteroatoms. The van der Waals surface area contributed by atoms with E-state index in [0.717, 1.165) is 23.1 Å². The van der Waals surface area contributed by atoms with Crippen molar-refractivity contribution in [1.29, 1.82) is 0 Å². The SMILES string of the molecule is Cc1nc(-c2ccccc2)cc(N2CCN(C(=O)c3ccccc3C(F)(F)F)CC2)n1. The molecule has 2 aromatic carbocycles. The molecule has 0 atom stereocenters. The minimum Gasteiger partial charge on any atom is -0.353 e. The largest absolute Gasteiger partial charge is 0.417 e. The number of amides is 1. The summed E-state index contributed by atoms with van der Waals surface area (Å²) in [6, 6.07) is 16.6. The van der Waals surface area contributed by atoms with Crippen molar-refractivity contribution in [2.45, 2.75) is 13.1 Å². The Morgan fingerprint density at radius 1 is 0.903 bits per heavy atom. The first-order valence-corrected chi connectivity index (χ1v) is 9.94. The first-order valence-electron chi connectivity index (χ1n) is 9.94. The van der Waals surface area contributed by atoms with Crippen LogP contribution in [0.25, 0.3) is 11.3 Å². The average molecular weight is 426 g/mol. The highest BCUT2D eigenvalue weighted by molar-refractivity contribution is 5.96. The first-order chi connectivity index (χ1) is 14.8. The third-order valence-corrected chi connectivity index (χ3v) is 5.25. The molecule has 31 heavy (non-hydrogen) atoms. The van der Waals surface area contributed by atoms with Gasteiger partial charge in [-0.1, -0.05) is 42.5 Å². The van der Waals surface area contributed by atoms with Gasteiger partial charge in [0.2, 0.25) is 0 Å². The lowest BCUT2D eigenvalue weighted by molar-refractivity contribution is -0.138. The number of hydrogen-bond donors (Lipinski definition) is 0. The summed E-state index contributed by atoms with van der Waals surface area (Å²) in [6.07, 6.45) is -4.57. The lowest BCUT2D eigenvalue weighted by Gasteiger charge is -2.36. The molecule has 1 aromatic heterocycles. The molecule has 1 saturated heterocycles. The topological polar surface area (TPSA) is 49.3 Å². The average Bonchev–Trinajstić information content (AvgIpc) is 2.78. The minimum absolute atomic E-state index is 0.312. The summed E-state index contributed by atoms with van der Waals surface area (Å²) in [7, 11) is 0. The third-order valence-electron chi connectivity index (χ3n) is 5.25. The van der Waals surface area contributed by atoms with E-state index in [1.165, 1.54) is 23.1 Å². The predicted molar refractivity (Wildman–Crippen MR) is 112 cm³/mol. The number of anilines is 1. The maximum atomic E-state index is 13.3. The van der Waals surface area contributed by atoms with Crippen molar-refractivity contribution in [1.82, 2.24) is 14.9 Å². The van der Waals surface area contributed by atoms with Crippen LogP contribution in [0.5, 0.6) is 0 Å². The fourth-order valence-electron chi connectivity index (χ4n) is 3.70. The zero-order valence-electron chi connectivity index (χ0n) is 16.9. The van der Waals surface area contributed by atoms with Gasteiger partial charge in [-0.25, -0.2) is 9.97 Å². The van der Waals surface area contributed by atoms with E-state index in [9.17, 15) is 18.0 Å². The van der Waals surface area contributed by atoms with Crippen LogP contribution in [0.4, 0.5) is 19.0 Å². The van der Waals surface area contributed by atoms with Gasteiger partial charge in [-0.2, -0.15) is 13.2 Å². The van der Waals surface area contributed by atoms with Crippen LogP contribution in [0.3, 0.4) is 0 Å². The number of carbonyl (C=O) groups excluding carboxylic acids is 1. The molecule has 5 nitrogen and oxygen atoms in total. The maximum Gasteiger partial charge on any atom is 0.417 e. The molecule has 160 valence electrons. The normalized spacial score (nSPS) is 14.6. The number of aromatic nitrogens is 2. The van der Waals surface area contributed by atoms with E-state index in [1.807, 2.05) is 48.2 Å². The minimum atomic E-state index is -4.57. The monoisotopic (exact) mass is 426 g/mol. The van der Waals surface area contributed by atoms with Crippen LogP contribution in [0, 0.1) is 6.92 Å². The van der Waals surface area contributed by atoms with E-state index in [-0.39, 0.29) is 5.56 Å². The Kier molecular flexibility index (Phi) is 5.63. The van der Waals surface area contributed by atoms with Crippen molar-refractivity contribution in [2.75, 3.05) is 31.1 Å². The lowest BCUT2D eigenvalue weighted by atomic mass is 10.1. The van der Waals surface area contributed by atoms with E-state index < -0.39 is 17.6 Å². The van der Waals surface area contributed by atoms with Crippen LogP contribution in [0.2, 0.25) is 0 Å². The summed E-state index contributed by atoms with van der Waals surface area (Å²) in [5.74, 6) is 0.777. The summed E-state index contributed by atoms with van der Waals surface area (Å²) in [5.41, 5.74) is 0.571. The Bertz CT molecular complexity index is 1080. The Hall–Kier alpha value is -3.42. The molecular formula is C23H21F3N4O. The molecular weight excluding hydrogens is 405 g/mol. The van der Waals surface area contributed by atoms with Crippen molar-refractivity contribution >= 4 is 11.7 Å².